The van der Waals surface area contributed by atoms with Crippen LogP contribution in [0.25, 0.3) is 0 Å². The lowest BCUT2D eigenvalue weighted by Crippen LogP contribution is -2.33. The molecule has 8 heteroatoms. The summed E-state index contributed by atoms with van der Waals surface area (Å²) >= 11 is 0. The van der Waals surface area contributed by atoms with E-state index in [-0.39, 0.29) is 29.9 Å². The number of carboxylic acid groups (broad SMARTS) is 1. The van der Waals surface area contributed by atoms with E-state index >= 15 is 0 Å². The topological polar surface area (TPSA) is 99.1 Å². The number of ether oxygens (including phenoxy) is 2. The molecule has 0 spiro atoms. The van der Waals surface area contributed by atoms with E-state index in [1.54, 1.807) is 36.4 Å². The van der Waals surface area contributed by atoms with Gasteiger partial charge in [0.1, 0.15) is 6.10 Å². The van der Waals surface area contributed by atoms with Crippen molar-refractivity contribution in [3.63, 3.8) is 0 Å². The molecule has 0 aromatic heterocycles. The Kier molecular flexibility index (Phi) is 5.47. The number of hydrogen-bond donors (Lipinski definition) is 1. The van der Waals surface area contributed by atoms with Crippen molar-refractivity contribution in [3.8, 4) is 11.5 Å². The van der Waals surface area contributed by atoms with Crippen molar-refractivity contribution >= 4 is 16.1 Å². The fourth-order valence-electron chi connectivity index (χ4n) is 3.91. The Morgan fingerprint density at radius 1 is 1.14 bits per heavy atom. The van der Waals surface area contributed by atoms with Gasteiger partial charge in [0.2, 0.25) is 0 Å². The Labute approximate surface area is 169 Å². The maximum atomic E-state index is 12.3. The van der Waals surface area contributed by atoms with Crippen molar-refractivity contribution in [2.45, 2.75) is 44.0 Å². The van der Waals surface area contributed by atoms with Gasteiger partial charge in [0.15, 0.2) is 11.5 Å². The van der Waals surface area contributed by atoms with Crippen LogP contribution < -0.4 is 9.47 Å². The van der Waals surface area contributed by atoms with Crippen molar-refractivity contribution in [3.05, 3.63) is 59.7 Å². The van der Waals surface area contributed by atoms with E-state index in [9.17, 15) is 18.3 Å². The minimum Gasteiger partial charge on any atom is -0.486 e. The second-order valence-corrected chi connectivity index (χ2v) is 8.97. The summed E-state index contributed by atoms with van der Waals surface area (Å²) in [4.78, 5) is 11.6. The van der Waals surface area contributed by atoms with Crippen LogP contribution in [-0.4, -0.2) is 37.6 Å². The van der Waals surface area contributed by atoms with Crippen molar-refractivity contribution in [1.29, 1.82) is 0 Å². The average Bonchev–Trinajstić information content (AvgIpc) is 3.29. The van der Waals surface area contributed by atoms with Gasteiger partial charge in [-0.15, -0.1) is 0 Å². The Morgan fingerprint density at radius 3 is 2.69 bits per heavy atom. The highest BCUT2D eigenvalue weighted by Gasteiger charge is 2.40. The lowest BCUT2D eigenvalue weighted by atomic mass is 9.97. The molecule has 0 amide bonds. The Bertz CT molecular complexity index is 987. The Hall–Kier alpha value is -2.58. The predicted octanol–water partition coefficient (Wildman–Crippen LogP) is 3.09. The summed E-state index contributed by atoms with van der Waals surface area (Å²) in [6, 6.07) is 14.3. The maximum absolute atomic E-state index is 12.3. The van der Waals surface area contributed by atoms with Gasteiger partial charge in [0, 0.05) is 11.5 Å². The molecule has 3 atom stereocenters. The smallest absolute Gasteiger partial charge is 0.375 e. The third-order valence-corrected chi connectivity index (χ3v) is 6.46. The monoisotopic (exact) mass is 418 g/mol. The largest absolute Gasteiger partial charge is 0.486 e. The molecule has 2 aromatic rings. The van der Waals surface area contributed by atoms with Gasteiger partial charge in [0.25, 0.3) is 10.1 Å². The molecule has 1 saturated carbocycles. The fourth-order valence-corrected chi connectivity index (χ4v) is 4.88. The minimum absolute atomic E-state index is 0.0635. The van der Waals surface area contributed by atoms with Crippen LogP contribution in [0.1, 0.15) is 36.3 Å². The SMILES string of the molecule is O=C(O)C(Oc1cccc2c1OC1CCCC21)OS(=O)(=O)CCc1ccccc1. The first-order chi connectivity index (χ1) is 13.9. The van der Waals surface area contributed by atoms with E-state index in [1.165, 1.54) is 0 Å². The van der Waals surface area contributed by atoms with Crippen LogP contribution in [0.15, 0.2) is 48.5 Å². The fraction of sp³-hybridized carbons (Fsp3) is 0.381. The summed E-state index contributed by atoms with van der Waals surface area (Å²) in [7, 11) is -4.12. The van der Waals surface area contributed by atoms with E-state index < -0.39 is 22.4 Å². The number of para-hydroxylation sites is 1. The second-order valence-electron chi connectivity index (χ2n) is 7.25. The van der Waals surface area contributed by atoms with Crippen LogP contribution in [0.4, 0.5) is 0 Å². The first kappa shape index (κ1) is 19.7. The molecule has 2 aliphatic rings. The summed E-state index contributed by atoms with van der Waals surface area (Å²) in [5, 5.41) is 9.44. The van der Waals surface area contributed by atoms with E-state index in [4.69, 9.17) is 13.7 Å². The van der Waals surface area contributed by atoms with Crippen molar-refractivity contribution in [2.75, 3.05) is 5.75 Å². The highest BCUT2D eigenvalue weighted by atomic mass is 32.2. The number of aryl methyl sites for hydroxylation is 1. The molecule has 0 radical (unpaired) electrons. The van der Waals surface area contributed by atoms with Gasteiger partial charge in [0.05, 0.1) is 5.75 Å². The zero-order chi connectivity index (χ0) is 20.4. The average molecular weight is 418 g/mol. The van der Waals surface area contributed by atoms with Gasteiger partial charge in [-0.25, -0.2) is 8.98 Å². The second kappa shape index (κ2) is 8.04. The van der Waals surface area contributed by atoms with E-state index in [2.05, 4.69) is 0 Å². The van der Waals surface area contributed by atoms with E-state index in [1.807, 2.05) is 12.1 Å². The summed E-state index contributed by atoms with van der Waals surface area (Å²) in [6.07, 6.45) is 1.32. The molecule has 7 nitrogen and oxygen atoms in total. The van der Waals surface area contributed by atoms with Gasteiger partial charge >= 0.3 is 12.3 Å². The summed E-state index contributed by atoms with van der Waals surface area (Å²) in [6.45, 7) is 0. The van der Waals surface area contributed by atoms with Crippen LogP contribution in [0.3, 0.4) is 0 Å². The number of carboxylic acids is 1. The molecule has 1 heterocycles. The molecule has 1 aliphatic heterocycles. The number of aliphatic carboxylic acids is 1. The zero-order valence-corrected chi connectivity index (χ0v) is 16.5. The standard InChI is InChI=1S/C21H22O7S/c22-20(23)21(28-29(24,25)13-12-14-6-2-1-3-7-14)27-18-11-5-9-16-15-8-4-10-17(15)26-19(16)18/h1-3,5-7,9,11,15,17,21H,4,8,10,12-13H2,(H,22,23). The van der Waals surface area contributed by atoms with Crippen molar-refractivity contribution < 1.29 is 32.0 Å². The number of hydrogen-bond acceptors (Lipinski definition) is 6. The minimum atomic E-state index is -4.12. The highest BCUT2D eigenvalue weighted by molar-refractivity contribution is 7.86. The molecule has 1 aliphatic carbocycles. The quantitative estimate of drug-likeness (QED) is 0.519. The van der Waals surface area contributed by atoms with Crippen LogP contribution in [0.5, 0.6) is 11.5 Å². The molecule has 0 saturated heterocycles. The normalized spacial score (nSPS) is 21.1. The summed E-state index contributed by atoms with van der Waals surface area (Å²) < 4.78 is 40.9. The zero-order valence-electron chi connectivity index (χ0n) is 15.7. The first-order valence-corrected chi connectivity index (χ1v) is 11.1. The highest BCUT2D eigenvalue weighted by Crippen LogP contribution is 2.50. The third-order valence-electron chi connectivity index (χ3n) is 5.28. The van der Waals surface area contributed by atoms with Gasteiger partial charge in [-0.05, 0) is 37.3 Å². The molecule has 29 heavy (non-hydrogen) atoms. The van der Waals surface area contributed by atoms with Crippen LogP contribution >= 0.6 is 0 Å². The van der Waals surface area contributed by atoms with Crippen molar-refractivity contribution in [2.24, 2.45) is 0 Å². The number of benzene rings is 2. The molecule has 4 rings (SSSR count). The number of carbonyl (C=O) groups is 1. The van der Waals surface area contributed by atoms with E-state index in [0.29, 0.717) is 5.75 Å². The molecule has 3 unspecified atom stereocenters. The lowest BCUT2D eigenvalue weighted by molar-refractivity contribution is -0.158. The van der Waals surface area contributed by atoms with Crippen LogP contribution in [0.2, 0.25) is 0 Å². The summed E-state index contributed by atoms with van der Waals surface area (Å²) in [5.41, 5.74) is 1.79. The molecular weight excluding hydrogens is 396 g/mol. The summed E-state index contributed by atoms with van der Waals surface area (Å²) in [5.74, 6) is -0.935. The number of rotatable bonds is 8. The molecule has 1 fully saturated rings. The Balaban J connectivity index is 1.47. The molecule has 154 valence electrons. The van der Waals surface area contributed by atoms with Gasteiger partial charge in [-0.2, -0.15) is 8.42 Å². The molecule has 2 aromatic carbocycles. The third kappa shape index (κ3) is 4.38. The van der Waals surface area contributed by atoms with Crippen LogP contribution in [0, 0.1) is 0 Å². The Morgan fingerprint density at radius 2 is 1.93 bits per heavy atom. The van der Waals surface area contributed by atoms with Crippen LogP contribution in [-0.2, 0) is 25.5 Å². The lowest BCUT2D eigenvalue weighted by Gasteiger charge is -2.17. The molecule has 1 N–H and O–H groups in total. The first-order valence-electron chi connectivity index (χ1n) is 9.57. The van der Waals surface area contributed by atoms with E-state index in [0.717, 1.165) is 30.4 Å². The molecule has 0 bridgehead atoms. The van der Waals surface area contributed by atoms with Gasteiger partial charge in [-0.3, -0.25) is 0 Å². The predicted molar refractivity (Wildman–Crippen MR) is 105 cm³/mol. The van der Waals surface area contributed by atoms with Gasteiger partial charge < -0.3 is 14.6 Å². The maximum Gasteiger partial charge on any atom is 0.375 e. The van der Waals surface area contributed by atoms with Gasteiger partial charge in [-0.1, -0.05) is 42.5 Å². The molecular formula is C21H22O7S. The van der Waals surface area contributed by atoms with Crippen molar-refractivity contribution in [1.82, 2.24) is 0 Å². The number of fused-ring (bicyclic) bond motifs is 3.